The van der Waals surface area contributed by atoms with Gasteiger partial charge in [0.2, 0.25) is 0 Å². The van der Waals surface area contributed by atoms with Crippen molar-refractivity contribution in [3.05, 3.63) is 34.9 Å². The number of esters is 1. The van der Waals surface area contributed by atoms with E-state index in [2.05, 4.69) is 21.5 Å². The normalized spacial score (nSPS) is 13.6. The van der Waals surface area contributed by atoms with Gasteiger partial charge in [0.05, 0.1) is 18.2 Å². The van der Waals surface area contributed by atoms with Gasteiger partial charge < -0.3 is 10.1 Å². The van der Waals surface area contributed by atoms with E-state index < -0.39 is 55.0 Å². The molecular weight excluding hydrogens is 456 g/mol. The molecule has 178 valence electrons. The topological polar surface area (TPSA) is 55.4 Å². The maximum Gasteiger partial charge on any atom is 0.416 e. The van der Waals surface area contributed by atoms with Crippen molar-refractivity contribution in [1.29, 1.82) is 0 Å². The molecule has 0 radical (unpaired) electrons. The molecule has 1 aromatic carbocycles. The third-order valence-electron chi connectivity index (χ3n) is 5.22. The Bertz CT molecular complexity index is 888. The number of carbonyl (C=O) groups excluding carboxylic acids is 2. The van der Waals surface area contributed by atoms with Gasteiger partial charge in [-0.2, -0.15) is 26.3 Å². The fourth-order valence-electron chi connectivity index (χ4n) is 2.22. The summed E-state index contributed by atoms with van der Waals surface area (Å²) in [4.78, 5) is 24.5. The molecule has 4 nitrogen and oxygen atoms in total. The number of benzene rings is 1. The fraction of sp³-hybridized carbons (Fsp3) is 0.524. The zero-order valence-corrected chi connectivity index (χ0v) is 19.5. The van der Waals surface area contributed by atoms with E-state index in [9.17, 15) is 35.9 Å². The molecule has 11 heteroatoms. The molecule has 0 aliphatic heterocycles. The van der Waals surface area contributed by atoms with E-state index in [4.69, 9.17) is 0 Å². The van der Waals surface area contributed by atoms with E-state index in [1.165, 1.54) is 0 Å². The molecule has 0 heterocycles. The summed E-state index contributed by atoms with van der Waals surface area (Å²) in [5.41, 5.74) is -1.05. The van der Waals surface area contributed by atoms with Crippen molar-refractivity contribution in [3.63, 3.8) is 0 Å². The smallest absolute Gasteiger partial charge is 0.416 e. The number of methoxy groups -OCH3 is 1. The molecule has 0 spiro atoms. The van der Waals surface area contributed by atoms with Gasteiger partial charge in [0.25, 0.3) is 5.91 Å². The first-order valence-corrected chi connectivity index (χ1v) is 12.5. The molecule has 0 bridgehead atoms. The van der Waals surface area contributed by atoms with E-state index in [1.54, 1.807) is 0 Å². The predicted octanol–water partition coefficient (Wildman–Crippen LogP) is 5.44. The minimum absolute atomic E-state index is 0.0841. The van der Waals surface area contributed by atoms with Gasteiger partial charge in [0, 0.05) is 12.0 Å². The molecule has 0 saturated carbocycles. The summed E-state index contributed by atoms with van der Waals surface area (Å²) < 4.78 is 82.8. The molecule has 0 fully saturated rings. The molecule has 32 heavy (non-hydrogen) atoms. The second kappa shape index (κ2) is 9.56. The first kappa shape index (κ1) is 27.6. The number of hydrogen-bond acceptors (Lipinski definition) is 3. The van der Waals surface area contributed by atoms with Crippen LogP contribution in [0.5, 0.6) is 0 Å². The highest BCUT2D eigenvalue weighted by atomic mass is 28.3. The van der Waals surface area contributed by atoms with Crippen molar-refractivity contribution in [2.24, 2.45) is 0 Å². The summed E-state index contributed by atoms with van der Waals surface area (Å²) >= 11 is 0. The molecule has 1 rings (SSSR count). The van der Waals surface area contributed by atoms with Crippen molar-refractivity contribution < 1.29 is 40.7 Å². The zero-order chi connectivity index (χ0) is 25.1. The van der Waals surface area contributed by atoms with Crippen LogP contribution in [0.3, 0.4) is 0 Å². The summed E-state index contributed by atoms with van der Waals surface area (Å²) in [5, 5.41) is 2.04. The number of alkyl halides is 6. The highest BCUT2D eigenvalue weighted by molar-refractivity contribution is 6.87. The maximum atomic E-state index is 13.0. The van der Waals surface area contributed by atoms with Gasteiger partial charge in [-0.1, -0.05) is 33.9 Å². The maximum absolute atomic E-state index is 13.0. The number of hydrogen-bond donors (Lipinski definition) is 1. The lowest BCUT2D eigenvalue weighted by atomic mass is 10.0. The lowest BCUT2D eigenvalue weighted by molar-refractivity contribution is -0.144. The Kier molecular flexibility index (Phi) is 8.23. The second-order valence-corrected chi connectivity index (χ2v) is 13.7. The second-order valence-electron chi connectivity index (χ2n) is 8.72. The van der Waals surface area contributed by atoms with Crippen LogP contribution < -0.4 is 5.32 Å². The third kappa shape index (κ3) is 7.29. The monoisotopic (exact) mass is 481 g/mol. The SMILES string of the molecule is COC(=O)[C@@H](CC#C[Si](C)(C)C(C)(C)C)NC(=O)c1cc(C(F)(F)F)cc(C(F)(F)F)c1. The third-order valence-corrected chi connectivity index (χ3v) is 9.77. The van der Waals surface area contributed by atoms with E-state index in [0.717, 1.165) is 7.11 Å². The number of rotatable bonds is 4. The minimum atomic E-state index is -5.10. The summed E-state index contributed by atoms with van der Waals surface area (Å²) in [6, 6.07) is -0.867. The minimum Gasteiger partial charge on any atom is -0.467 e. The molecule has 1 N–H and O–H groups in total. The highest BCUT2D eigenvalue weighted by Crippen LogP contribution is 2.37. The van der Waals surface area contributed by atoms with Crippen LogP contribution in [-0.2, 0) is 21.9 Å². The Morgan fingerprint density at radius 3 is 1.84 bits per heavy atom. The van der Waals surface area contributed by atoms with Gasteiger partial charge in [-0.15, -0.1) is 11.5 Å². The Morgan fingerprint density at radius 2 is 1.47 bits per heavy atom. The quantitative estimate of drug-likeness (QED) is 0.270. The van der Waals surface area contributed by atoms with Gasteiger partial charge >= 0.3 is 18.3 Å². The average Bonchev–Trinajstić information content (AvgIpc) is 2.63. The van der Waals surface area contributed by atoms with E-state index in [0.29, 0.717) is 12.1 Å². The van der Waals surface area contributed by atoms with Gasteiger partial charge in [0.1, 0.15) is 14.1 Å². The van der Waals surface area contributed by atoms with Gasteiger partial charge in [-0.3, -0.25) is 4.79 Å². The number of carbonyl (C=O) groups is 2. The zero-order valence-electron chi connectivity index (χ0n) is 18.5. The summed E-state index contributed by atoms with van der Waals surface area (Å²) in [6.07, 6.45) is -10.4. The molecule has 0 unspecified atom stereocenters. The van der Waals surface area contributed by atoms with Crippen molar-refractivity contribution >= 4 is 20.0 Å². The van der Waals surface area contributed by atoms with Crippen LogP contribution in [-0.4, -0.2) is 33.1 Å². The van der Waals surface area contributed by atoms with Crippen molar-refractivity contribution in [3.8, 4) is 11.5 Å². The van der Waals surface area contributed by atoms with Crippen molar-refractivity contribution in [2.45, 2.75) is 63.7 Å². The van der Waals surface area contributed by atoms with Crippen LogP contribution in [0.15, 0.2) is 18.2 Å². The lowest BCUT2D eigenvalue weighted by Gasteiger charge is -2.31. The summed E-state index contributed by atoms with van der Waals surface area (Å²) in [7, 11) is -1.02. The largest absolute Gasteiger partial charge is 0.467 e. The van der Waals surface area contributed by atoms with E-state index in [-0.39, 0.29) is 17.5 Å². The van der Waals surface area contributed by atoms with Crippen LogP contribution >= 0.6 is 0 Å². The van der Waals surface area contributed by atoms with Gasteiger partial charge in [-0.25, -0.2) is 4.79 Å². The van der Waals surface area contributed by atoms with Crippen LogP contribution in [0.4, 0.5) is 26.3 Å². The number of nitrogens with one attached hydrogen (secondary N) is 1. The van der Waals surface area contributed by atoms with Crippen LogP contribution in [0.25, 0.3) is 0 Å². The van der Waals surface area contributed by atoms with E-state index >= 15 is 0 Å². The predicted molar refractivity (Wildman–Crippen MR) is 109 cm³/mol. The van der Waals surface area contributed by atoms with Crippen LogP contribution in [0.2, 0.25) is 18.1 Å². The summed E-state index contributed by atoms with van der Waals surface area (Å²) in [5.74, 6) is 0.601. The van der Waals surface area contributed by atoms with Gasteiger partial charge in [-0.05, 0) is 23.2 Å². The molecule has 1 amide bonds. The number of halogens is 6. The highest BCUT2D eigenvalue weighted by Gasteiger charge is 2.38. The van der Waals surface area contributed by atoms with E-state index in [1.807, 2.05) is 33.9 Å². The molecule has 0 saturated heterocycles. The van der Waals surface area contributed by atoms with Crippen molar-refractivity contribution in [2.75, 3.05) is 7.11 Å². The number of amides is 1. The lowest BCUT2D eigenvalue weighted by Crippen LogP contribution is -2.41. The molecule has 0 aromatic heterocycles. The average molecular weight is 482 g/mol. The fourth-order valence-corrected chi connectivity index (χ4v) is 3.14. The number of ether oxygens (including phenoxy) is 1. The molecule has 1 atom stereocenters. The van der Waals surface area contributed by atoms with Crippen LogP contribution in [0.1, 0.15) is 48.7 Å². The first-order valence-electron chi connectivity index (χ1n) is 9.48. The molecule has 0 aliphatic carbocycles. The summed E-state index contributed by atoms with van der Waals surface area (Å²) in [6.45, 7) is 10.1. The Morgan fingerprint density at radius 1 is 1.00 bits per heavy atom. The molecular formula is C21H25F6NO3Si. The Labute approximate surface area is 183 Å². The van der Waals surface area contributed by atoms with Crippen LogP contribution in [0, 0.1) is 11.5 Å². The van der Waals surface area contributed by atoms with Crippen molar-refractivity contribution in [1.82, 2.24) is 5.32 Å². The first-order chi connectivity index (χ1) is 14.3. The Hall–Kier alpha value is -2.48. The Balaban J connectivity index is 3.26. The molecule has 1 aromatic rings. The van der Waals surface area contributed by atoms with Gasteiger partial charge in [0.15, 0.2) is 0 Å². The molecule has 0 aliphatic rings. The standard InChI is InChI=1S/C21H25F6NO3Si/c1-19(2,3)32(5,6)9-7-8-16(18(30)31-4)28-17(29)13-10-14(20(22,23)24)12-15(11-13)21(25,26)27/h10-12,16H,8H2,1-6H3,(H,28,29)/t16-/m1/s1.